The zero-order valence-corrected chi connectivity index (χ0v) is 20.0. The fourth-order valence-corrected chi connectivity index (χ4v) is 3.76. The molecule has 1 aromatic heterocycles. The van der Waals surface area contributed by atoms with Gasteiger partial charge in [0.15, 0.2) is 17.3 Å². The van der Waals surface area contributed by atoms with Gasteiger partial charge in [0.25, 0.3) is 0 Å². The predicted octanol–water partition coefficient (Wildman–Crippen LogP) is 6.77. The molecule has 0 radical (unpaired) electrons. The van der Waals surface area contributed by atoms with Crippen LogP contribution in [0.25, 0.3) is 11.4 Å². The summed E-state index contributed by atoms with van der Waals surface area (Å²) in [4.78, 5) is 12.8. The van der Waals surface area contributed by atoms with Crippen molar-refractivity contribution in [2.75, 3.05) is 0 Å². The summed E-state index contributed by atoms with van der Waals surface area (Å²) in [6, 6.07) is 10.0. The molecule has 3 aromatic rings. The normalized spacial score (nSPS) is 11.0. The SMILES string of the molecule is CCCCc1ccc(Oc2ncnc(-c3ccc(CCCC)c(O)c3O)n2)c(CCCC)c1. The van der Waals surface area contributed by atoms with Gasteiger partial charge in [0.05, 0.1) is 5.56 Å². The number of aryl methyl sites for hydroxylation is 3. The van der Waals surface area contributed by atoms with Crippen LogP contribution in [0.2, 0.25) is 0 Å². The van der Waals surface area contributed by atoms with Crippen LogP contribution in [0.3, 0.4) is 0 Å². The number of aromatic nitrogens is 3. The van der Waals surface area contributed by atoms with Crippen molar-refractivity contribution in [1.82, 2.24) is 15.0 Å². The van der Waals surface area contributed by atoms with Crippen molar-refractivity contribution in [2.45, 2.75) is 78.6 Å². The van der Waals surface area contributed by atoms with E-state index >= 15 is 0 Å². The van der Waals surface area contributed by atoms with Crippen molar-refractivity contribution in [3.63, 3.8) is 0 Å². The Hall–Kier alpha value is -3.15. The summed E-state index contributed by atoms with van der Waals surface area (Å²) in [5, 5.41) is 21.0. The van der Waals surface area contributed by atoms with E-state index < -0.39 is 0 Å². The molecule has 0 amide bonds. The first-order valence-electron chi connectivity index (χ1n) is 12.1. The van der Waals surface area contributed by atoms with E-state index in [0.717, 1.165) is 62.7 Å². The third-order valence-corrected chi connectivity index (χ3v) is 5.77. The van der Waals surface area contributed by atoms with Gasteiger partial charge in [-0.3, -0.25) is 0 Å². The number of aromatic hydroxyl groups is 2. The zero-order valence-electron chi connectivity index (χ0n) is 20.0. The lowest BCUT2D eigenvalue weighted by atomic mass is 10.0. The van der Waals surface area contributed by atoms with Crippen molar-refractivity contribution >= 4 is 0 Å². The van der Waals surface area contributed by atoms with E-state index in [1.165, 1.54) is 11.9 Å². The zero-order chi connectivity index (χ0) is 23.6. The van der Waals surface area contributed by atoms with E-state index in [9.17, 15) is 10.2 Å². The number of hydrogen-bond acceptors (Lipinski definition) is 6. The van der Waals surface area contributed by atoms with Gasteiger partial charge in [0, 0.05) is 0 Å². The van der Waals surface area contributed by atoms with Crippen molar-refractivity contribution in [2.24, 2.45) is 0 Å². The molecule has 0 spiro atoms. The summed E-state index contributed by atoms with van der Waals surface area (Å²) in [6.45, 7) is 6.46. The maximum atomic E-state index is 10.6. The molecule has 176 valence electrons. The van der Waals surface area contributed by atoms with Gasteiger partial charge >= 0.3 is 6.01 Å². The molecule has 0 saturated carbocycles. The van der Waals surface area contributed by atoms with Gasteiger partial charge in [-0.15, -0.1) is 0 Å². The number of unbranched alkanes of at least 4 members (excludes halogenated alkanes) is 3. The number of benzene rings is 2. The number of hydrogen-bond donors (Lipinski definition) is 2. The second-order valence-corrected chi connectivity index (χ2v) is 8.42. The summed E-state index contributed by atoms with van der Waals surface area (Å²) in [5.41, 5.74) is 3.52. The van der Waals surface area contributed by atoms with Crippen LogP contribution in [-0.4, -0.2) is 25.2 Å². The molecule has 0 atom stereocenters. The predicted molar refractivity (Wildman–Crippen MR) is 131 cm³/mol. The van der Waals surface area contributed by atoms with Crippen molar-refractivity contribution in [1.29, 1.82) is 0 Å². The lowest BCUT2D eigenvalue weighted by Gasteiger charge is -2.13. The quantitative estimate of drug-likeness (QED) is 0.297. The molecule has 0 unspecified atom stereocenters. The second kappa shape index (κ2) is 12.2. The highest BCUT2D eigenvalue weighted by Crippen LogP contribution is 2.38. The van der Waals surface area contributed by atoms with Crippen LogP contribution in [0, 0.1) is 0 Å². The molecular formula is C27H35N3O3. The standard InChI is InChI=1S/C27H35N3O3/c1-4-7-10-19-13-16-23(21(17-19)12-9-6-3)33-27-29-18-28-26(30-27)22-15-14-20(11-8-5-2)24(31)25(22)32/h13-18,31-32H,4-12H2,1-3H3. The fourth-order valence-electron chi connectivity index (χ4n) is 3.76. The Balaban J connectivity index is 1.86. The first-order chi connectivity index (χ1) is 16.1. The van der Waals surface area contributed by atoms with Crippen molar-refractivity contribution in [3.8, 4) is 34.6 Å². The molecule has 0 fully saturated rings. The maximum absolute atomic E-state index is 10.6. The molecule has 0 aliphatic carbocycles. The van der Waals surface area contributed by atoms with Crippen LogP contribution in [0.5, 0.6) is 23.3 Å². The maximum Gasteiger partial charge on any atom is 0.325 e. The highest BCUT2D eigenvalue weighted by molar-refractivity contribution is 5.69. The van der Waals surface area contributed by atoms with E-state index in [0.29, 0.717) is 17.5 Å². The van der Waals surface area contributed by atoms with Crippen LogP contribution in [-0.2, 0) is 19.3 Å². The summed E-state index contributed by atoms with van der Waals surface area (Å²) in [6.07, 6.45) is 10.5. The molecular weight excluding hydrogens is 414 g/mol. The van der Waals surface area contributed by atoms with Gasteiger partial charge in [-0.1, -0.05) is 58.2 Å². The summed E-state index contributed by atoms with van der Waals surface area (Å²) >= 11 is 0. The topological polar surface area (TPSA) is 88.4 Å². The number of phenols is 2. The Kier molecular flexibility index (Phi) is 9.04. The van der Waals surface area contributed by atoms with Crippen LogP contribution < -0.4 is 4.74 Å². The monoisotopic (exact) mass is 449 g/mol. The van der Waals surface area contributed by atoms with Gasteiger partial charge < -0.3 is 14.9 Å². The molecule has 3 rings (SSSR count). The second-order valence-electron chi connectivity index (χ2n) is 8.42. The third-order valence-electron chi connectivity index (χ3n) is 5.77. The fraction of sp³-hybridized carbons (Fsp3) is 0.444. The number of nitrogens with zero attached hydrogens (tertiary/aromatic N) is 3. The Morgan fingerprint density at radius 1 is 0.758 bits per heavy atom. The molecule has 1 heterocycles. The first kappa shape index (κ1) is 24.5. The van der Waals surface area contributed by atoms with Gasteiger partial charge in [-0.25, -0.2) is 4.98 Å². The van der Waals surface area contributed by atoms with Crippen LogP contribution in [0.1, 0.15) is 76.0 Å². The molecule has 0 bridgehead atoms. The minimum absolute atomic E-state index is 0.117. The Labute approximate surface area is 196 Å². The molecule has 2 aromatic carbocycles. The average molecular weight is 450 g/mol. The Morgan fingerprint density at radius 2 is 1.45 bits per heavy atom. The van der Waals surface area contributed by atoms with Crippen molar-refractivity contribution < 1.29 is 14.9 Å². The molecule has 6 nitrogen and oxygen atoms in total. The molecule has 0 aliphatic rings. The van der Waals surface area contributed by atoms with E-state index in [1.54, 1.807) is 6.07 Å². The largest absolute Gasteiger partial charge is 0.504 e. The van der Waals surface area contributed by atoms with Crippen LogP contribution in [0.4, 0.5) is 0 Å². The van der Waals surface area contributed by atoms with Gasteiger partial charge in [-0.05, 0) is 67.3 Å². The summed E-state index contributed by atoms with van der Waals surface area (Å²) < 4.78 is 6.07. The molecule has 0 saturated heterocycles. The van der Waals surface area contributed by atoms with E-state index in [1.807, 2.05) is 12.1 Å². The Bertz CT molecular complexity index is 1050. The number of phenolic OH excluding ortho intramolecular Hbond substituents is 2. The van der Waals surface area contributed by atoms with Crippen LogP contribution in [0.15, 0.2) is 36.7 Å². The first-order valence-corrected chi connectivity index (χ1v) is 12.1. The molecule has 2 N–H and O–H groups in total. The minimum atomic E-state index is -0.218. The number of ether oxygens (including phenoxy) is 1. The average Bonchev–Trinajstić information content (AvgIpc) is 2.83. The van der Waals surface area contributed by atoms with Gasteiger partial charge in [-0.2, -0.15) is 9.97 Å². The van der Waals surface area contributed by atoms with Crippen LogP contribution >= 0.6 is 0 Å². The molecule has 0 aliphatic heterocycles. The smallest absolute Gasteiger partial charge is 0.325 e. The lowest BCUT2D eigenvalue weighted by Crippen LogP contribution is -2.00. The Morgan fingerprint density at radius 3 is 2.18 bits per heavy atom. The third kappa shape index (κ3) is 6.44. The lowest BCUT2D eigenvalue weighted by molar-refractivity contribution is 0.399. The van der Waals surface area contributed by atoms with E-state index in [-0.39, 0.29) is 23.3 Å². The van der Waals surface area contributed by atoms with Crippen molar-refractivity contribution in [3.05, 3.63) is 53.3 Å². The molecule has 33 heavy (non-hydrogen) atoms. The summed E-state index contributed by atoms with van der Waals surface area (Å²) in [5.74, 6) is 0.658. The van der Waals surface area contributed by atoms with Gasteiger partial charge in [0.2, 0.25) is 0 Å². The number of rotatable bonds is 12. The summed E-state index contributed by atoms with van der Waals surface area (Å²) in [7, 11) is 0. The highest BCUT2D eigenvalue weighted by Gasteiger charge is 2.17. The molecule has 6 heteroatoms. The highest BCUT2D eigenvalue weighted by atomic mass is 16.5. The van der Waals surface area contributed by atoms with E-state index in [4.69, 9.17) is 4.74 Å². The van der Waals surface area contributed by atoms with E-state index in [2.05, 4.69) is 47.9 Å². The van der Waals surface area contributed by atoms with Gasteiger partial charge in [0.1, 0.15) is 12.1 Å². The minimum Gasteiger partial charge on any atom is -0.504 e.